The van der Waals surface area contributed by atoms with E-state index in [0.717, 1.165) is 13.0 Å². The molecule has 1 aromatic rings. The summed E-state index contributed by atoms with van der Waals surface area (Å²) in [6.07, 6.45) is 1.02. The predicted octanol–water partition coefficient (Wildman–Crippen LogP) is 1.98. The molecule has 25 heavy (non-hydrogen) atoms. The minimum atomic E-state index is -3.61. The van der Waals surface area contributed by atoms with Crippen LogP contribution >= 0.6 is 0 Å². The van der Waals surface area contributed by atoms with Gasteiger partial charge in [-0.25, -0.2) is 13.2 Å². The van der Waals surface area contributed by atoms with E-state index in [1.54, 1.807) is 4.31 Å². The Morgan fingerprint density at radius 3 is 2.36 bits per heavy atom. The van der Waals surface area contributed by atoms with Crippen molar-refractivity contribution in [1.82, 2.24) is 9.21 Å². The summed E-state index contributed by atoms with van der Waals surface area (Å²) in [6, 6.07) is 5.48. The number of hydrogen-bond acceptors (Lipinski definition) is 4. The predicted molar refractivity (Wildman–Crippen MR) is 95.0 cm³/mol. The molecule has 0 radical (unpaired) electrons. The largest absolute Gasteiger partial charge is 0.478 e. The van der Waals surface area contributed by atoms with Gasteiger partial charge in [0.1, 0.15) is 0 Å². The van der Waals surface area contributed by atoms with E-state index in [-0.39, 0.29) is 21.3 Å². The highest BCUT2D eigenvalue weighted by atomic mass is 32.2. The van der Waals surface area contributed by atoms with Crippen LogP contribution in [0.2, 0.25) is 0 Å². The first kappa shape index (κ1) is 18.4. The van der Waals surface area contributed by atoms with Gasteiger partial charge in [-0.2, -0.15) is 4.31 Å². The van der Waals surface area contributed by atoms with Crippen molar-refractivity contribution < 1.29 is 18.3 Å². The van der Waals surface area contributed by atoms with Gasteiger partial charge < -0.3 is 10.0 Å². The van der Waals surface area contributed by atoms with Crippen molar-refractivity contribution in [2.45, 2.75) is 25.2 Å². The molecular formula is C18H26N2O4S. The summed E-state index contributed by atoms with van der Waals surface area (Å²) in [7, 11) is 0.444. The number of carbonyl (C=O) groups is 1. The molecule has 138 valence electrons. The van der Waals surface area contributed by atoms with Crippen LogP contribution in [-0.4, -0.2) is 62.4 Å². The minimum Gasteiger partial charge on any atom is -0.478 e. The lowest BCUT2D eigenvalue weighted by molar-refractivity contribution is -0.0789. The molecule has 0 unspecified atom stereocenters. The Hall–Kier alpha value is -1.44. The molecular weight excluding hydrogens is 340 g/mol. The molecule has 0 amide bonds. The number of rotatable bonds is 5. The molecule has 1 aliphatic heterocycles. The van der Waals surface area contributed by atoms with Crippen molar-refractivity contribution in [3.05, 3.63) is 29.8 Å². The number of sulfonamides is 1. The Labute approximate surface area is 149 Å². The SMILES string of the molecule is CN(C)C[C@@]12CN(S(=O)(=O)c3ccc(C(=O)O)cc3)C[C@@H]1C(C)(C)C2. The molecule has 0 aromatic heterocycles. The zero-order chi connectivity index (χ0) is 18.6. The fourth-order valence-corrected chi connectivity index (χ4v) is 6.58. The van der Waals surface area contributed by atoms with Crippen LogP contribution in [0.1, 0.15) is 30.6 Å². The number of carboxylic acids is 1. The van der Waals surface area contributed by atoms with E-state index < -0.39 is 16.0 Å². The normalized spacial score (nSPS) is 28.6. The lowest BCUT2D eigenvalue weighted by Gasteiger charge is -2.57. The second-order valence-electron chi connectivity index (χ2n) is 8.45. The lowest BCUT2D eigenvalue weighted by Crippen LogP contribution is -2.57. The van der Waals surface area contributed by atoms with Gasteiger partial charge in [0.25, 0.3) is 0 Å². The molecule has 1 saturated carbocycles. The van der Waals surface area contributed by atoms with Crippen molar-refractivity contribution in [2.75, 3.05) is 33.7 Å². The molecule has 3 rings (SSSR count). The molecule has 1 aliphatic carbocycles. The maximum Gasteiger partial charge on any atom is 0.335 e. The first-order chi connectivity index (χ1) is 11.5. The maximum atomic E-state index is 13.0. The van der Waals surface area contributed by atoms with Gasteiger partial charge in [-0.3, -0.25) is 0 Å². The van der Waals surface area contributed by atoms with Crippen LogP contribution in [0.15, 0.2) is 29.2 Å². The van der Waals surface area contributed by atoms with Crippen LogP contribution in [0.5, 0.6) is 0 Å². The average molecular weight is 366 g/mol. The zero-order valence-corrected chi connectivity index (χ0v) is 16.0. The van der Waals surface area contributed by atoms with Crippen molar-refractivity contribution in [3.8, 4) is 0 Å². The molecule has 1 heterocycles. The summed E-state index contributed by atoms with van der Waals surface area (Å²) in [4.78, 5) is 13.3. The number of aromatic carboxylic acids is 1. The van der Waals surface area contributed by atoms with E-state index in [0.29, 0.717) is 19.0 Å². The third-order valence-corrected chi connectivity index (χ3v) is 7.56. The summed E-state index contributed by atoms with van der Waals surface area (Å²) < 4.78 is 27.7. The smallest absolute Gasteiger partial charge is 0.335 e. The minimum absolute atomic E-state index is 0.0150. The molecule has 1 saturated heterocycles. The molecule has 2 aliphatic rings. The quantitative estimate of drug-likeness (QED) is 0.862. The van der Waals surface area contributed by atoms with Crippen molar-refractivity contribution in [2.24, 2.45) is 16.7 Å². The van der Waals surface area contributed by atoms with Crippen LogP contribution in [-0.2, 0) is 10.0 Å². The highest BCUT2D eigenvalue weighted by molar-refractivity contribution is 7.89. The van der Waals surface area contributed by atoms with E-state index >= 15 is 0 Å². The Kier molecular flexibility index (Phi) is 4.25. The number of nitrogens with zero attached hydrogens (tertiary/aromatic N) is 2. The fraction of sp³-hybridized carbons (Fsp3) is 0.611. The second-order valence-corrected chi connectivity index (χ2v) is 10.4. The molecule has 1 aromatic carbocycles. The first-order valence-electron chi connectivity index (χ1n) is 8.46. The fourth-order valence-electron chi connectivity index (χ4n) is 5.03. The highest BCUT2D eigenvalue weighted by Gasteiger charge is 2.64. The van der Waals surface area contributed by atoms with Crippen molar-refractivity contribution in [1.29, 1.82) is 0 Å². The summed E-state index contributed by atoms with van der Waals surface area (Å²) in [5.41, 5.74) is 0.250. The van der Waals surface area contributed by atoms with Crippen molar-refractivity contribution >= 4 is 16.0 Å². The van der Waals surface area contributed by atoms with Gasteiger partial charge >= 0.3 is 5.97 Å². The van der Waals surface area contributed by atoms with Crippen LogP contribution in [0.3, 0.4) is 0 Å². The van der Waals surface area contributed by atoms with Crippen LogP contribution in [0, 0.1) is 16.7 Å². The standard InChI is InChI=1S/C18H26N2O4S/c1-17(2)10-18(11-19(3)4)12-20(9-15(17)18)25(23,24)14-7-5-13(6-8-14)16(21)22/h5-8,15H,9-12H2,1-4H3,(H,21,22)/t15-,18+/m1/s1. The third-order valence-electron chi connectivity index (χ3n) is 5.74. The second kappa shape index (κ2) is 5.79. The number of fused-ring (bicyclic) bond motifs is 1. The van der Waals surface area contributed by atoms with Gasteiger partial charge in [-0.15, -0.1) is 0 Å². The molecule has 7 heteroatoms. The highest BCUT2D eigenvalue weighted by Crippen LogP contribution is 2.63. The number of hydrogen-bond donors (Lipinski definition) is 1. The van der Waals surface area contributed by atoms with Gasteiger partial charge in [0, 0.05) is 25.0 Å². The Bertz CT molecular complexity index is 782. The molecule has 6 nitrogen and oxygen atoms in total. The lowest BCUT2D eigenvalue weighted by atomic mass is 9.48. The average Bonchev–Trinajstić information content (AvgIpc) is 2.81. The van der Waals surface area contributed by atoms with E-state index in [2.05, 4.69) is 18.7 Å². The summed E-state index contributed by atoms with van der Waals surface area (Å²) >= 11 is 0. The first-order valence-corrected chi connectivity index (χ1v) is 9.90. The summed E-state index contributed by atoms with van der Waals surface area (Å²) in [5, 5.41) is 8.98. The molecule has 2 fully saturated rings. The van der Waals surface area contributed by atoms with Crippen LogP contribution in [0.4, 0.5) is 0 Å². The van der Waals surface area contributed by atoms with Crippen LogP contribution in [0.25, 0.3) is 0 Å². The van der Waals surface area contributed by atoms with E-state index in [1.165, 1.54) is 24.3 Å². The maximum absolute atomic E-state index is 13.0. The van der Waals surface area contributed by atoms with Gasteiger partial charge in [0.2, 0.25) is 10.0 Å². The van der Waals surface area contributed by atoms with E-state index in [1.807, 2.05) is 14.1 Å². The third kappa shape index (κ3) is 2.98. The molecule has 2 atom stereocenters. The Morgan fingerprint density at radius 1 is 1.28 bits per heavy atom. The summed E-state index contributed by atoms with van der Waals surface area (Å²) in [5.74, 6) is -0.717. The monoisotopic (exact) mass is 366 g/mol. The van der Waals surface area contributed by atoms with Gasteiger partial charge in [0.15, 0.2) is 0 Å². The molecule has 0 bridgehead atoms. The zero-order valence-electron chi connectivity index (χ0n) is 15.2. The van der Waals surface area contributed by atoms with E-state index in [4.69, 9.17) is 5.11 Å². The summed E-state index contributed by atoms with van der Waals surface area (Å²) in [6.45, 7) is 6.36. The van der Waals surface area contributed by atoms with Gasteiger partial charge in [-0.05, 0) is 56.1 Å². The number of benzene rings is 1. The molecule has 0 spiro atoms. The molecule has 1 N–H and O–H groups in total. The van der Waals surface area contributed by atoms with Crippen molar-refractivity contribution in [3.63, 3.8) is 0 Å². The van der Waals surface area contributed by atoms with Crippen LogP contribution < -0.4 is 0 Å². The Balaban J connectivity index is 1.88. The number of carboxylic acid groups (broad SMARTS) is 1. The van der Waals surface area contributed by atoms with Gasteiger partial charge in [0.05, 0.1) is 10.5 Å². The Morgan fingerprint density at radius 2 is 1.88 bits per heavy atom. The van der Waals surface area contributed by atoms with Gasteiger partial charge in [-0.1, -0.05) is 13.8 Å². The van der Waals surface area contributed by atoms with E-state index in [9.17, 15) is 13.2 Å². The topological polar surface area (TPSA) is 77.9 Å².